The number of thiocarbonyl (C=S) groups is 1. The molecule has 2 aromatic rings. The van der Waals surface area contributed by atoms with Crippen molar-refractivity contribution in [2.45, 2.75) is 13.5 Å². The lowest BCUT2D eigenvalue weighted by molar-refractivity contribution is -0.121. The van der Waals surface area contributed by atoms with Gasteiger partial charge in [0.1, 0.15) is 22.4 Å². The molecule has 1 saturated heterocycles. The number of hydrogen-bond acceptors (Lipinski definition) is 5. The first-order chi connectivity index (χ1) is 13.0. The first-order valence-corrected chi connectivity index (χ1v) is 9.92. The van der Waals surface area contributed by atoms with Crippen LogP contribution in [0, 0.1) is 0 Å². The van der Waals surface area contributed by atoms with Crippen molar-refractivity contribution < 1.29 is 14.3 Å². The fourth-order valence-corrected chi connectivity index (χ4v) is 4.21. The summed E-state index contributed by atoms with van der Waals surface area (Å²) >= 11 is 12.6. The number of carbonyl (C=O) groups excluding carboxylic acids is 1. The summed E-state index contributed by atoms with van der Waals surface area (Å²) in [5.41, 5.74) is 1.76. The molecule has 0 spiro atoms. The molecule has 0 bridgehead atoms. The van der Waals surface area contributed by atoms with Crippen LogP contribution in [0.2, 0.25) is 5.02 Å². The van der Waals surface area contributed by atoms with Gasteiger partial charge in [-0.25, -0.2) is 0 Å². The van der Waals surface area contributed by atoms with Gasteiger partial charge in [-0.05, 0) is 48.9 Å². The van der Waals surface area contributed by atoms with E-state index in [1.54, 1.807) is 24.1 Å². The average molecular weight is 420 g/mol. The van der Waals surface area contributed by atoms with Gasteiger partial charge in [0.05, 0.1) is 12.0 Å². The van der Waals surface area contributed by atoms with Gasteiger partial charge in [-0.2, -0.15) is 0 Å². The molecule has 3 rings (SSSR count). The van der Waals surface area contributed by atoms with Crippen LogP contribution in [0.1, 0.15) is 18.1 Å². The molecule has 0 N–H and O–H groups in total. The lowest BCUT2D eigenvalue weighted by Gasteiger charge is -2.12. The van der Waals surface area contributed by atoms with E-state index in [0.717, 1.165) is 16.9 Å². The molecule has 0 saturated carbocycles. The monoisotopic (exact) mass is 419 g/mol. The zero-order chi connectivity index (χ0) is 19.4. The highest BCUT2D eigenvalue weighted by atomic mass is 35.5. The molecule has 0 unspecified atom stereocenters. The third-order valence-electron chi connectivity index (χ3n) is 3.98. The molecular weight excluding hydrogens is 402 g/mol. The van der Waals surface area contributed by atoms with Gasteiger partial charge in [-0.3, -0.25) is 9.69 Å². The number of halogens is 1. The molecule has 4 nitrogen and oxygen atoms in total. The summed E-state index contributed by atoms with van der Waals surface area (Å²) in [7, 11) is 1.62. The predicted molar refractivity (Wildman–Crippen MR) is 114 cm³/mol. The van der Waals surface area contributed by atoms with Crippen molar-refractivity contribution >= 4 is 51.9 Å². The van der Waals surface area contributed by atoms with E-state index in [-0.39, 0.29) is 5.91 Å². The Morgan fingerprint density at radius 2 is 2.07 bits per heavy atom. The van der Waals surface area contributed by atoms with Crippen molar-refractivity contribution in [3.05, 3.63) is 63.5 Å². The number of thioether (sulfide) groups is 1. The average Bonchev–Trinajstić information content (AvgIpc) is 2.93. The maximum absolute atomic E-state index is 12.4. The Balaban J connectivity index is 1.82. The van der Waals surface area contributed by atoms with Gasteiger partial charge < -0.3 is 9.47 Å². The molecule has 1 aliphatic heterocycles. The number of ether oxygens (including phenoxy) is 2. The highest BCUT2D eigenvalue weighted by molar-refractivity contribution is 8.26. The van der Waals surface area contributed by atoms with Crippen molar-refractivity contribution in [2.75, 3.05) is 13.7 Å². The number of likely N-dealkylation sites (N-methyl/N-ethyl adjacent to an activating group) is 1. The van der Waals surface area contributed by atoms with E-state index in [4.69, 9.17) is 33.3 Å². The molecule has 0 aromatic heterocycles. The third kappa shape index (κ3) is 4.64. The van der Waals surface area contributed by atoms with E-state index < -0.39 is 0 Å². The molecule has 1 heterocycles. The largest absolute Gasteiger partial charge is 0.496 e. The van der Waals surface area contributed by atoms with E-state index >= 15 is 0 Å². The fourth-order valence-electron chi connectivity index (χ4n) is 2.64. The zero-order valence-corrected chi connectivity index (χ0v) is 17.3. The Morgan fingerprint density at radius 1 is 1.26 bits per heavy atom. The Labute approximate surface area is 173 Å². The molecule has 0 aliphatic carbocycles. The summed E-state index contributed by atoms with van der Waals surface area (Å²) in [6, 6.07) is 12.9. The molecule has 0 radical (unpaired) electrons. The zero-order valence-electron chi connectivity index (χ0n) is 14.9. The Kier molecular flexibility index (Phi) is 6.42. The van der Waals surface area contributed by atoms with Gasteiger partial charge in [0.2, 0.25) is 0 Å². The summed E-state index contributed by atoms with van der Waals surface area (Å²) in [4.78, 5) is 14.6. The maximum Gasteiger partial charge on any atom is 0.266 e. The fraction of sp³-hybridized carbons (Fsp3) is 0.200. The molecular formula is C20H18ClNO3S2. The first-order valence-electron chi connectivity index (χ1n) is 8.32. The second-order valence-corrected chi connectivity index (χ2v) is 7.86. The summed E-state index contributed by atoms with van der Waals surface area (Å²) < 4.78 is 11.8. The first kappa shape index (κ1) is 19.7. The minimum atomic E-state index is -0.0555. The number of hydrogen-bond donors (Lipinski definition) is 0. The van der Waals surface area contributed by atoms with Crippen LogP contribution in [0.25, 0.3) is 6.08 Å². The molecule has 2 aromatic carbocycles. The standard InChI is InChI=1S/C20H18ClNO3S2/c1-3-22-19(23)18(27-20(22)26)10-13-7-8-17(24-2)14(9-13)12-25-16-6-4-5-15(21)11-16/h4-11H,3,12H2,1-2H3. The highest BCUT2D eigenvalue weighted by Crippen LogP contribution is 2.33. The van der Waals surface area contributed by atoms with Crippen LogP contribution < -0.4 is 9.47 Å². The number of methoxy groups -OCH3 is 1. The Morgan fingerprint density at radius 3 is 2.74 bits per heavy atom. The minimum absolute atomic E-state index is 0.0555. The number of carbonyl (C=O) groups is 1. The number of nitrogens with zero attached hydrogens (tertiary/aromatic N) is 1. The van der Waals surface area contributed by atoms with Crippen LogP contribution in [-0.4, -0.2) is 28.8 Å². The molecule has 27 heavy (non-hydrogen) atoms. The Bertz CT molecular complexity index is 914. The van der Waals surface area contributed by atoms with Crippen molar-refractivity contribution in [3.8, 4) is 11.5 Å². The van der Waals surface area contributed by atoms with Crippen molar-refractivity contribution in [3.63, 3.8) is 0 Å². The van der Waals surface area contributed by atoms with Crippen LogP contribution >= 0.6 is 35.6 Å². The van der Waals surface area contributed by atoms with Crippen molar-refractivity contribution in [1.29, 1.82) is 0 Å². The molecule has 140 valence electrons. The highest BCUT2D eigenvalue weighted by Gasteiger charge is 2.30. The Hall–Kier alpha value is -2.02. The van der Waals surface area contributed by atoms with E-state index in [2.05, 4.69) is 0 Å². The number of rotatable bonds is 6. The van der Waals surface area contributed by atoms with Gasteiger partial charge >= 0.3 is 0 Å². The van der Waals surface area contributed by atoms with E-state index in [9.17, 15) is 4.79 Å². The number of benzene rings is 2. The smallest absolute Gasteiger partial charge is 0.266 e. The third-order valence-corrected chi connectivity index (χ3v) is 5.60. The van der Waals surface area contributed by atoms with Crippen LogP contribution in [0.15, 0.2) is 47.4 Å². The summed E-state index contributed by atoms with van der Waals surface area (Å²) in [6.45, 7) is 2.80. The van der Waals surface area contributed by atoms with Crippen LogP contribution in [0.4, 0.5) is 0 Å². The summed E-state index contributed by atoms with van der Waals surface area (Å²) in [5.74, 6) is 1.34. The lowest BCUT2D eigenvalue weighted by atomic mass is 10.1. The van der Waals surface area contributed by atoms with Crippen LogP contribution in [-0.2, 0) is 11.4 Å². The predicted octanol–water partition coefficient (Wildman–Crippen LogP) is 5.15. The van der Waals surface area contributed by atoms with Crippen LogP contribution in [0.5, 0.6) is 11.5 Å². The summed E-state index contributed by atoms with van der Waals surface area (Å²) in [6.07, 6.45) is 1.84. The second kappa shape index (κ2) is 8.78. The van der Waals surface area contributed by atoms with Gasteiger partial charge in [0, 0.05) is 17.1 Å². The minimum Gasteiger partial charge on any atom is -0.496 e. The van der Waals surface area contributed by atoms with Gasteiger partial charge in [0.25, 0.3) is 5.91 Å². The van der Waals surface area contributed by atoms with Crippen LogP contribution in [0.3, 0.4) is 0 Å². The quantitative estimate of drug-likeness (QED) is 0.478. The summed E-state index contributed by atoms with van der Waals surface area (Å²) in [5, 5.41) is 0.617. The molecule has 1 amide bonds. The van der Waals surface area contributed by atoms with Gasteiger partial charge in [0.15, 0.2) is 0 Å². The van der Waals surface area contributed by atoms with Gasteiger partial charge in [-0.15, -0.1) is 0 Å². The SMILES string of the molecule is CCN1C(=O)C(=Cc2ccc(OC)c(COc3cccc(Cl)c3)c2)SC1=S. The molecule has 1 aliphatic rings. The van der Waals surface area contributed by atoms with Gasteiger partial charge in [-0.1, -0.05) is 47.7 Å². The van der Waals surface area contributed by atoms with E-state index in [1.807, 2.05) is 43.3 Å². The molecule has 1 fully saturated rings. The number of amides is 1. The molecule has 7 heteroatoms. The molecule has 0 atom stereocenters. The van der Waals surface area contributed by atoms with E-state index in [0.29, 0.717) is 33.1 Å². The maximum atomic E-state index is 12.4. The van der Waals surface area contributed by atoms with E-state index in [1.165, 1.54) is 11.8 Å². The lowest BCUT2D eigenvalue weighted by Crippen LogP contribution is -2.27. The normalized spacial score (nSPS) is 15.5. The topological polar surface area (TPSA) is 38.8 Å². The van der Waals surface area contributed by atoms with Crippen molar-refractivity contribution in [2.24, 2.45) is 0 Å². The van der Waals surface area contributed by atoms with Crippen molar-refractivity contribution in [1.82, 2.24) is 4.90 Å². The second-order valence-electron chi connectivity index (χ2n) is 5.74.